The van der Waals surface area contributed by atoms with Crippen molar-refractivity contribution >= 4 is 17.4 Å². The van der Waals surface area contributed by atoms with Crippen LogP contribution in [-0.2, 0) is 11.3 Å². The number of aromatic nitrogens is 2. The first kappa shape index (κ1) is 25.8. The van der Waals surface area contributed by atoms with Gasteiger partial charge in [0.1, 0.15) is 19.0 Å². The van der Waals surface area contributed by atoms with E-state index in [4.69, 9.17) is 15.2 Å². The van der Waals surface area contributed by atoms with E-state index in [1.165, 1.54) is 9.47 Å². The van der Waals surface area contributed by atoms with E-state index in [0.29, 0.717) is 26.3 Å². The number of nitrogen functional groups attached to an aromatic ring is 1. The molecule has 4 rings (SSSR count). The van der Waals surface area contributed by atoms with Gasteiger partial charge in [-0.2, -0.15) is 0 Å². The molecule has 2 aromatic rings. The van der Waals surface area contributed by atoms with E-state index in [-0.39, 0.29) is 41.8 Å². The molecule has 0 spiro atoms. The van der Waals surface area contributed by atoms with Gasteiger partial charge < -0.3 is 20.1 Å². The number of anilines is 2. The number of amides is 1. The zero-order valence-corrected chi connectivity index (χ0v) is 21.6. The highest BCUT2D eigenvalue weighted by atomic mass is 16.6. The maximum atomic E-state index is 13.7. The average Bonchev–Trinajstić information content (AvgIpc) is 3.28. The maximum absolute atomic E-state index is 13.7. The van der Waals surface area contributed by atoms with Crippen molar-refractivity contribution < 1.29 is 14.3 Å². The van der Waals surface area contributed by atoms with E-state index in [9.17, 15) is 14.4 Å². The normalized spacial score (nSPS) is 17.7. The molecule has 0 bridgehead atoms. The topological polar surface area (TPSA) is 123 Å². The van der Waals surface area contributed by atoms with E-state index >= 15 is 0 Å². The second-order valence-corrected chi connectivity index (χ2v) is 10.4. The number of rotatable bonds is 8. The van der Waals surface area contributed by atoms with Gasteiger partial charge in [-0.05, 0) is 48.9 Å². The number of aromatic amines is 1. The number of ether oxygens (including phenoxy) is 2. The van der Waals surface area contributed by atoms with Gasteiger partial charge in [-0.25, -0.2) is 4.79 Å². The van der Waals surface area contributed by atoms with Gasteiger partial charge in [-0.1, -0.05) is 33.8 Å². The van der Waals surface area contributed by atoms with Crippen LogP contribution < -0.4 is 31.4 Å². The van der Waals surface area contributed by atoms with Crippen molar-refractivity contribution in [3.05, 3.63) is 44.6 Å². The monoisotopic (exact) mass is 499 g/mol. The number of benzene rings is 1. The van der Waals surface area contributed by atoms with Crippen LogP contribution in [0.1, 0.15) is 52.1 Å². The summed E-state index contributed by atoms with van der Waals surface area (Å²) in [5, 5.41) is 0. The number of fused-ring (bicyclic) bond motifs is 1. The Balaban J connectivity index is 1.62. The summed E-state index contributed by atoms with van der Waals surface area (Å²) in [5.41, 5.74) is 6.26. The zero-order chi connectivity index (χ0) is 26.0. The van der Waals surface area contributed by atoms with Gasteiger partial charge >= 0.3 is 5.69 Å². The summed E-state index contributed by atoms with van der Waals surface area (Å²) in [7, 11) is 0. The van der Waals surface area contributed by atoms with E-state index in [1.807, 2.05) is 45.9 Å². The molecule has 1 atom stereocenters. The molecular weight excluding hydrogens is 462 g/mol. The molecule has 1 aromatic heterocycles. The lowest BCUT2D eigenvalue weighted by molar-refractivity contribution is -0.120. The van der Waals surface area contributed by atoms with Crippen molar-refractivity contribution in [2.75, 3.05) is 43.5 Å². The predicted octanol–water partition coefficient (Wildman–Crippen LogP) is 2.37. The lowest BCUT2D eigenvalue weighted by atomic mass is 10.0. The Kier molecular flexibility index (Phi) is 7.73. The van der Waals surface area contributed by atoms with Gasteiger partial charge in [-0.3, -0.25) is 24.0 Å². The van der Waals surface area contributed by atoms with Crippen molar-refractivity contribution in [3.8, 4) is 11.5 Å². The van der Waals surface area contributed by atoms with Crippen molar-refractivity contribution in [2.45, 2.75) is 53.1 Å². The van der Waals surface area contributed by atoms with Crippen LogP contribution in [-0.4, -0.2) is 53.2 Å². The summed E-state index contributed by atoms with van der Waals surface area (Å²) in [4.78, 5) is 45.0. The first-order valence-corrected chi connectivity index (χ1v) is 12.7. The highest BCUT2D eigenvalue weighted by Gasteiger charge is 2.32. The Morgan fingerprint density at radius 2 is 1.86 bits per heavy atom. The van der Waals surface area contributed by atoms with Crippen LogP contribution in [0.4, 0.5) is 11.5 Å². The molecule has 1 aromatic carbocycles. The fraction of sp³-hybridized carbons (Fsp3) is 0.577. The van der Waals surface area contributed by atoms with Crippen LogP contribution in [0.2, 0.25) is 0 Å². The summed E-state index contributed by atoms with van der Waals surface area (Å²) in [5.74, 6) is 1.49. The Bertz CT molecular complexity index is 1220. The number of nitrogens with one attached hydrogen (secondary N) is 1. The van der Waals surface area contributed by atoms with Crippen molar-refractivity contribution in [3.63, 3.8) is 0 Å². The molecule has 36 heavy (non-hydrogen) atoms. The summed E-state index contributed by atoms with van der Waals surface area (Å²) >= 11 is 0. The fourth-order valence-electron chi connectivity index (χ4n) is 4.99. The molecule has 10 heteroatoms. The van der Waals surface area contributed by atoms with Gasteiger partial charge in [0.05, 0.1) is 6.54 Å². The minimum atomic E-state index is -0.642. The van der Waals surface area contributed by atoms with Gasteiger partial charge in [0, 0.05) is 19.1 Å². The Morgan fingerprint density at radius 1 is 1.14 bits per heavy atom. The van der Waals surface area contributed by atoms with E-state index in [1.54, 1.807) is 0 Å². The quantitative estimate of drug-likeness (QED) is 0.572. The summed E-state index contributed by atoms with van der Waals surface area (Å²) in [6.45, 7) is 10.5. The van der Waals surface area contributed by atoms with Crippen LogP contribution in [0.5, 0.6) is 11.5 Å². The highest BCUT2D eigenvalue weighted by Crippen LogP contribution is 2.38. The number of carbonyl (C=O) groups excluding carboxylic acids is 1. The second kappa shape index (κ2) is 10.8. The molecule has 2 aliphatic heterocycles. The van der Waals surface area contributed by atoms with Crippen molar-refractivity contribution in [1.82, 2.24) is 14.5 Å². The van der Waals surface area contributed by atoms with E-state index < -0.39 is 11.2 Å². The maximum Gasteiger partial charge on any atom is 0.330 e. The van der Waals surface area contributed by atoms with Crippen LogP contribution in [0, 0.1) is 11.8 Å². The van der Waals surface area contributed by atoms with Crippen molar-refractivity contribution in [1.29, 1.82) is 0 Å². The zero-order valence-electron chi connectivity index (χ0n) is 21.6. The van der Waals surface area contributed by atoms with Crippen LogP contribution in [0.15, 0.2) is 27.8 Å². The molecule has 3 N–H and O–H groups in total. The molecule has 196 valence electrons. The van der Waals surface area contributed by atoms with E-state index in [0.717, 1.165) is 36.4 Å². The Labute approximate surface area is 211 Å². The molecule has 1 saturated heterocycles. The average molecular weight is 500 g/mol. The fourth-order valence-corrected chi connectivity index (χ4v) is 4.99. The standard InChI is InChI=1S/C26H37N5O5/c1-16(2)13-30(23-24(27)31(14-17(3)4)26(34)28-25(23)33)22(32)15-29-9-5-6-19(29)18-7-8-20-21(12-18)36-11-10-35-20/h7-8,12,16-17,19H,5-6,9-11,13-15,27H2,1-4H3,(H,28,33,34)/t19-/m1/s1. The van der Waals surface area contributed by atoms with Gasteiger partial charge in [0.2, 0.25) is 5.91 Å². The first-order chi connectivity index (χ1) is 17.2. The lowest BCUT2D eigenvalue weighted by Crippen LogP contribution is -2.46. The summed E-state index contributed by atoms with van der Waals surface area (Å²) < 4.78 is 12.7. The summed E-state index contributed by atoms with van der Waals surface area (Å²) in [6, 6.07) is 6.00. The molecule has 1 fully saturated rings. The minimum Gasteiger partial charge on any atom is -0.486 e. The molecule has 0 aliphatic carbocycles. The molecule has 3 heterocycles. The number of nitrogens with two attached hydrogens (primary N) is 1. The second-order valence-electron chi connectivity index (χ2n) is 10.4. The third-order valence-corrected chi connectivity index (χ3v) is 6.53. The SMILES string of the molecule is CC(C)CN(C(=O)CN1CCC[C@@H]1c1ccc2c(c1)OCCO2)c1c(N)n(CC(C)C)c(=O)[nH]c1=O. The molecule has 0 radical (unpaired) electrons. The van der Waals surface area contributed by atoms with E-state index in [2.05, 4.69) is 9.88 Å². The molecular formula is C26H37N5O5. The largest absolute Gasteiger partial charge is 0.486 e. The predicted molar refractivity (Wildman–Crippen MR) is 139 cm³/mol. The molecule has 10 nitrogen and oxygen atoms in total. The first-order valence-electron chi connectivity index (χ1n) is 12.7. The van der Waals surface area contributed by atoms with Crippen LogP contribution in [0.3, 0.4) is 0 Å². The summed E-state index contributed by atoms with van der Waals surface area (Å²) in [6.07, 6.45) is 1.87. The molecule has 1 amide bonds. The Morgan fingerprint density at radius 3 is 2.56 bits per heavy atom. The molecule has 0 saturated carbocycles. The lowest BCUT2D eigenvalue weighted by Gasteiger charge is -2.30. The number of hydrogen-bond donors (Lipinski definition) is 2. The number of nitrogens with zero attached hydrogens (tertiary/aromatic N) is 3. The number of hydrogen-bond acceptors (Lipinski definition) is 7. The molecule has 0 unspecified atom stereocenters. The molecule has 2 aliphatic rings. The third kappa shape index (κ3) is 5.43. The number of H-pyrrole nitrogens is 1. The minimum absolute atomic E-state index is 0.0243. The van der Waals surface area contributed by atoms with Gasteiger partial charge in [0.15, 0.2) is 17.2 Å². The number of likely N-dealkylation sites (tertiary alicyclic amines) is 1. The number of carbonyl (C=O) groups is 1. The third-order valence-electron chi connectivity index (χ3n) is 6.53. The highest BCUT2D eigenvalue weighted by molar-refractivity contribution is 5.97. The van der Waals surface area contributed by atoms with Crippen LogP contribution in [0.25, 0.3) is 0 Å². The van der Waals surface area contributed by atoms with Crippen molar-refractivity contribution in [2.24, 2.45) is 11.8 Å². The smallest absolute Gasteiger partial charge is 0.330 e. The Hall–Kier alpha value is -3.27. The van der Waals surface area contributed by atoms with Gasteiger partial charge in [0.25, 0.3) is 5.56 Å². The van der Waals surface area contributed by atoms with Crippen LogP contribution >= 0.6 is 0 Å². The van der Waals surface area contributed by atoms with Gasteiger partial charge in [-0.15, -0.1) is 0 Å².